The van der Waals surface area contributed by atoms with Crippen molar-refractivity contribution in [3.05, 3.63) is 28.1 Å². The minimum absolute atomic E-state index is 0.123. The van der Waals surface area contributed by atoms with Crippen molar-refractivity contribution >= 4 is 5.91 Å². The quantitative estimate of drug-likeness (QED) is 0.439. The summed E-state index contributed by atoms with van der Waals surface area (Å²) in [6.45, 7) is 0. The van der Waals surface area contributed by atoms with Crippen LogP contribution in [0.15, 0.2) is 12.3 Å². The van der Waals surface area contributed by atoms with E-state index in [1.165, 1.54) is 6.07 Å². The molecule has 1 aromatic rings. The Labute approximate surface area is 60.5 Å². The van der Waals surface area contributed by atoms with Gasteiger partial charge in [0.15, 0.2) is 0 Å². The molecule has 2 N–H and O–H groups in total. The van der Waals surface area contributed by atoms with Gasteiger partial charge in [-0.1, -0.05) is 0 Å². The molecule has 1 rings (SSSR count). The van der Waals surface area contributed by atoms with Crippen LogP contribution in [0.25, 0.3) is 0 Å². The molecule has 0 radical (unpaired) electrons. The normalized spacial score (nSPS) is 9.45. The van der Waals surface area contributed by atoms with Crippen LogP contribution in [0, 0.1) is 10.1 Å². The summed E-state index contributed by atoms with van der Waals surface area (Å²) in [5, 5.41) is 12.5. The summed E-state index contributed by atoms with van der Waals surface area (Å²) in [6, 6.07) is 1.17. The molecule has 7 nitrogen and oxygen atoms in total. The predicted molar refractivity (Wildman–Crippen MR) is 33.1 cm³/mol. The standard InChI is InChI=1S/C4H4N4O3/c5-4(9)3-1-2-7(6-3)8(10)11/h1-2H,(H2,5,9). The van der Waals surface area contributed by atoms with Crippen LogP contribution in [0.5, 0.6) is 0 Å². The van der Waals surface area contributed by atoms with Crippen LogP contribution in [-0.4, -0.2) is 20.8 Å². The van der Waals surface area contributed by atoms with Crippen molar-refractivity contribution in [3.63, 3.8) is 0 Å². The van der Waals surface area contributed by atoms with E-state index in [1.54, 1.807) is 0 Å². The Morgan fingerprint density at radius 2 is 2.45 bits per heavy atom. The van der Waals surface area contributed by atoms with Gasteiger partial charge in [-0.3, -0.25) is 4.79 Å². The van der Waals surface area contributed by atoms with Gasteiger partial charge in [-0.2, -0.15) is 0 Å². The Hall–Kier alpha value is -1.92. The van der Waals surface area contributed by atoms with Crippen molar-refractivity contribution < 1.29 is 9.83 Å². The lowest BCUT2D eigenvalue weighted by atomic mass is 10.4. The maximum absolute atomic E-state index is 10.4. The van der Waals surface area contributed by atoms with Crippen LogP contribution in [0.1, 0.15) is 10.5 Å². The van der Waals surface area contributed by atoms with Gasteiger partial charge in [-0.15, -0.1) is 0 Å². The van der Waals surface area contributed by atoms with E-state index < -0.39 is 10.9 Å². The number of aromatic nitrogens is 2. The van der Waals surface area contributed by atoms with Crippen LogP contribution in [0.4, 0.5) is 0 Å². The van der Waals surface area contributed by atoms with Gasteiger partial charge in [-0.05, 0) is 0 Å². The molecule has 58 valence electrons. The third-order valence-electron chi connectivity index (χ3n) is 0.996. The van der Waals surface area contributed by atoms with Gasteiger partial charge < -0.3 is 15.8 Å². The molecule has 0 atom stereocenters. The lowest BCUT2D eigenvalue weighted by molar-refractivity contribution is -0.552. The molecule has 1 aromatic heterocycles. The third kappa shape index (κ3) is 1.31. The number of nitrogens with two attached hydrogens (primary N) is 1. The Morgan fingerprint density at radius 3 is 2.73 bits per heavy atom. The predicted octanol–water partition coefficient (Wildman–Crippen LogP) is -0.978. The van der Waals surface area contributed by atoms with Crippen molar-refractivity contribution in [1.82, 2.24) is 9.89 Å². The van der Waals surface area contributed by atoms with Gasteiger partial charge >= 0.3 is 0 Å². The highest BCUT2D eigenvalue weighted by atomic mass is 16.7. The first-order valence-electron chi connectivity index (χ1n) is 2.61. The van der Waals surface area contributed by atoms with E-state index >= 15 is 0 Å². The number of nitrogens with zero attached hydrogens (tertiary/aromatic N) is 3. The van der Waals surface area contributed by atoms with Gasteiger partial charge in [0.1, 0.15) is 6.20 Å². The average molecular weight is 156 g/mol. The maximum Gasteiger partial charge on any atom is 0.295 e. The van der Waals surface area contributed by atoms with E-state index in [4.69, 9.17) is 5.73 Å². The zero-order valence-electron chi connectivity index (χ0n) is 5.30. The van der Waals surface area contributed by atoms with Crippen LogP contribution >= 0.6 is 0 Å². The second-order valence-corrected chi connectivity index (χ2v) is 1.72. The summed E-state index contributed by atoms with van der Waals surface area (Å²) in [6.07, 6.45) is 1.04. The van der Waals surface area contributed by atoms with E-state index in [1.807, 2.05) is 0 Å². The molecule has 0 spiro atoms. The van der Waals surface area contributed by atoms with E-state index in [2.05, 4.69) is 5.10 Å². The first kappa shape index (κ1) is 7.19. The molecule has 0 saturated carbocycles. The van der Waals surface area contributed by atoms with Crippen molar-refractivity contribution in [2.45, 2.75) is 0 Å². The summed E-state index contributed by atoms with van der Waals surface area (Å²) >= 11 is 0. The molecule has 0 fully saturated rings. The number of hydrogen-bond acceptors (Lipinski definition) is 4. The minimum Gasteiger partial charge on any atom is -0.362 e. The Balaban J connectivity index is 2.99. The zero-order valence-corrected chi connectivity index (χ0v) is 5.30. The lowest BCUT2D eigenvalue weighted by Gasteiger charge is -1.86. The fourth-order valence-electron chi connectivity index (χ4n) is 0.537. The summed E-state index contributed by atoms with van der Waals surface area (Å²) in [5.74, 6) is -0.786. The van der Waals surface area contributed by atoms with Gasteiger partial charge in [-0.25, -0.2) is 0 Å². The van der Waals surface area contributed by atoms with Crippen LogP contribution < -0.4 is 5.73 Å². The lowest BCUT2D eigenvalue weighted by Crippen LogP contribution is -2.14. The Morgan fingerprint density at radius 1 is 1.82 bits per heavy atom. The smallest absolute Gasteiger partial charge is 0.295 e. The largest absolute Gasteiger partial charge is 0.362 e. The second kappa shape index (κ2) is 2.37. The third-order valence-corrected chi connectivity index (χ3v) is 0.996. The Bertz CT molecular complexity index is 276. The number of carbonyl (C=O) groups excluding carboxylic acids is 1. The van der Waals surface area contributed by atoms with Crippen molar-refractivity contribution in [2.24, 2.45) is 5.73 Å². The average Bonchev–Trinajstić information content (AvgIpc) is 2.33. The number of amides is 1. The second-order valence-electron chi connectivity index (χ2n) is 1.72. The van der Waals surface area contributed by atoms with Crippen LogP contribution in [-0.2, 0) is 0 Å². The molecule has 1 heterocycles. The van der Waals surface area contributed by atoms with Gasteiger partial charge in [0, 0.05) is 10.9 Å². The molecule has 1 amide bonds. The van der Waals surface area contributed by atoms with Gasteiger partial charge in [0.05, 0.1) is 10.1 Å². The summed E-state index contributed by atoms with van der Waals surface area (Å²) in [4.78, 5) is 20.8. The fourth-order valence-corrected chi connectivity index (χ4v) is 0.537. The molecule has 7 heteroatoms. The highest BCUT2D eigenvalue weighted by Crippen LogP contribution is 1.92. The first-order valence-corrected chi connectivity index (χ1v) is 2.61. The van der Waals surface area contributed by atoms with Crippen LogP contribution in [0.3, 0.4) is 0 Å². The fraction of sp³-hybridized carbons (Fsp3) is 0. The molecule has 0 aromatic carbocycles. The molecular weight excluding hydrogens is 152 g/mol. The summed E-state index contributed by atoms with van der Waals surface area (Å²) in [5.41, 5.74) is 4.67. The molecule has 0 aliphatic rings. The molecule has 0 aliphatic carbocycles. The maximum atomic E-state index is 10.4. The molecule has 0 bridgehead atoms. The van der Waals surface area contributed by atoms with E-state index in [-0.39, 0.29) is 5.69 Å². The SMILES string of the molecule is NC(=O)c1ccn([N+](=O)[O-])n1. The highest BCUT2D eigenvalue weighted by Gasteiger charge is 2.13. The molecule has 0 aliphatic heterocycles. The zero-order chi connectivity index (χ0) is 8.43. The highest BCUT2D eigenvalue weighted by molar-refractivity contribution is 5.90. The number of hydrogen-bond donors (Lipinski definition) is 1. The van der Waals surface area contributed by atoms with Crippen molar-refractivity contribution in [1.29, 1.82) is 0 Å². The summed E-state index contributed by atoms with van der Waals surface area (Å²) < 4.78 is 0. The molecule has 11 heavy (non-hydrogen) atoms. The Kier molecular flexibility index (Phi) is 1.55. The summed E-state index contributed by atoms with van der Waals surface area (Å²) in [7, 11) is 0. The topological polar surface area (TPSA) is 104 Å². The van der Waals surface area contributed by atoms with E-state index in [0.717, 1.165) is 6.20 Å². The minimum atomic E-state index is -0.786. The van der Waals surface area contributed by atoms with Gasteiger partial charge in [0.25, 0.3) is 11.6 Å². The van der Waals surface area contributed by atoms with Crippen molar-refractivity contribution in [2.75, 3.05) is 0 Å². The molecule has 0 unspecified atom stereocenters. The molecule has 0 saturated heterocycles. The number of primary amides is 1. The van der Waals surface area contributed by atoms with E-state index in [9.17, 15) is 14.9 Å². The molecular formula is C4H4N4O3. The number of nitro groups is 1. The van der Waals surface area contributed by atoms with Crippen molar-refractivity contribution in [3.8, 4) is 0 Å². The van der Waals surface area contributed by atoms with E-state index in [0.29, 0.717) is 4.79 Å². The number of rotatable bonds is 2. The van der Waals surface area contributed by atoms with Crippen LogP contribution in [0.2, 0.25) is 0 Å². The number of carbonyl (C=O) groups is 1. The first-order chi connectivity index (χ1) is 5.11. The van der Waals surface area contributed by atoms with Gasteiger partial charge in [0.2, 0.25) is 0 Å². The monoisotopic (exact) mass is 156 g/mol.